The van der Waals surface area contributed by atoms with Gasteiger partial charge in [-0.3, -0.25) is 9.59 Å². The highest BCUT2D eigenvalue weighted by Gasteiger charge is 2.25. The van der Waals surface area contributed by atoms with Gasteiger partial charge in [-0.1, -0.05) is 6.42 Å². The van der Waals surface area contributed by atoms with Crippen LogP contribution in [0, 0.1) is 5.92 Å². The Labute approximate surface area is 137 Å². The van der Waals surface area contributed by atoms with Crippen molar-refractivity contribution in [3.8, 4) is 0 Å². The molecule has 0 saturated heterocycles. The van der Waals surface area contributed by atoms with Crippen LogP contribution in [0.1, 0.15) is 43.0 Å². The highest BCUT2D eigenvalue weighted by Crippen LogP contribution is 2.27. The van der Waals surface area contributed by atoms with Crippen LogP contribution in [0.2, 0.25) is 0 Å². The quantitative estimate of drug-likeness (QED) is 0.776. The van der Waals surface area contributed by atoms with Crippen molar-refractivity contribution in [1.29, 1.82) is 0 Å². The summed E-state index contributed by atoms with van der Waals surface area (Å²) in [7, 11) is 0. The van der Waals surface area contributed by atoms with E-state index in [4.69, 9.17) is 5.73 Å². The number of hydrogen-bond acceptors (Lipinski definition) is 3. The van der Waals surface area contributed by atoms with E-state index in [1.165, 1.54) is 0 Å². The number of carbonyl (C=O) groups excluding carboxylic acids is 2. The first-order chi connectivity index (χ1) is 10.1. The van der Waals surface area contributed by atoms with Gasteiger partial charge in [0.1, 0.15) is 0 Å². The van der Waals surface area contributed by atoms with Crippen LogP contribution in [-0.4, -0.2) is 24.4 Å². The highest BCUT2D eigenvalue weighted by molar-refractivity contribution is 5.95. The van der Waals surface area contributed by atoms with Gasteiger partial charge in [0.2, 0.25) is 5.91 Å². The molecule has 0 heterocycles. The summed E-state index contributed by atoms with van der Waals surface area (Å²) >= 11 is 0. The van der Waals surface area contributed by atoms with Crippen LogP contribution >= 0.6 is 12.4 Å². The Bertz CT molecular complexity index is 505. The summed E-state index contributed by atoms with van der Waals surface area (Å²) in [5, 5.41) is 5.60. The molecule has 0 radical (unpaired) electrons. The first-order valence-electron chi connectivity index (χ1n) is 7.54. The molecule has 1 aromatic rings. The molecule has 122 valence electrons. The predicted molar refractivity (Wildman–Crippen MR) is 90.3 cm³/mol. The average molecular weight is 326 g/mol. The smallest absolute Gasteiger partial charge is 0.251 e. The Kier molecular flexibility index (Phi) is 7.35. The standard InChI is InChI=1S/C16H23N3O2.ClH/c1-2-18-16(21)11-6-8-13(9-7-11)19-15(20)10-12-4-3-5-14(12)17;/h6-9,12,14H,2-5,10,17H2,1H3,(H,18,21)(H,19,20);1H/t12-,14+;/m0./s1. The lowest BCUT2D eigenvalue weighted by Crippen LogP contribution is -2.28. The number of nitrogens with one attached hydrogen (secondary N) is 2. The second kappa shape index (κ2) is 8.76. The molecule has 1 fully saturated rings. The molecular weight excluding hydrogens is 302 g/mol. The maximum atomic E-state index is 12.0. The van der Waals surface area contributed by atoms with Gasteiger partial charge in [-0.15, -0.1) is 12.4 Å². The Morgan fingerprint density at radius 3 is 2.45 bits per heavy atom. The van der Waals surface area contributed by atoms with E-state index in [0.717, 1.165) is 19.3 Å². The summed E-state index contributed by atoms with van der Waals surface area (Å²) < 4.78 is 0. The summed E-state index contributed by atoms with van der Waals surface area (Å²) in [6, 6.07) is 7.06. The molecule has 22 heavy (non-hydrogen) atoms. The summed E-state index contributed by atoms with van der Waals surface area (Å²) in [4.78, 5) is 23.6. The maximum Gasteiger partial charge on any atom is 0.251 e. The Hall–Kier alpha value is -1.59. The van der Waals surface area contributed by atoms with Crippen LogP contribution in [0.15, 0.2) is 24.3 Å². The monoisotopic (exact) mass is 325 g/mol. The number of anilines is 1. The van der Waals surface area contributed by atoms with Gasteiger partial charge in [-0.05, 0) is 49.9 Å². The lowest BCUT2D eigenvalue weighted by atomic mass is 10.00. The van der Waals surface area contributed by atoms with Gasteiger partial charge in [0, 0.05) is 30.3 Å². The van der Waals surface area contributed by atoms with E-state index in [1.807, 2.05) is 6.92 Å². The molecule has 1 aromatic carbocycles. The lowest BCUT2D eigenvalue weighted by molar-refractivity contribution is -0.117. The number of halogens is 1. The minimum Gasteiger partial charge on any atom is -0.352 e. The van der Waals surface area contributed by atoms with E-state index in [2.05, 4.69) is 10.6 Å². The molecule has 6 heteroatoms. The number of benzene rings is 1. The summed E-state index contributed by atoms with van der Waals surface area (Å²) in [5.41, 5.74) is 7.28. The number of rotatable bonds is 5. The fourth-order valence-electron chi connectivity index (χ4n) is 2.74. The largest absolute Gasteiger partial charge is 0.352 e. The molecule has 0 aromatic heterocycles. The summed E-state index contributed by atoms with van der Waals surface area (Å²) in [6.07, 6.45) is 3.63. The van der Waals surface area contributed by atoms with Crippen molar-refractivity contribution in [2.45, 2.75) is 38.6 Å². The first kappa shape index (κ1) is 18.5. The van der Waals surface area contributed by atoms with E-state index < -0.39 is 0 Å². The Morgan fingerprint density at radius 2 is 1.91 bits per heavy atom. The molecule has 0 spiro atoms. The third kappa shape index (κ3) is 5.00. The normalized spacial score (nSPS) is 20.1. The minimum atomic E-state index is -0.104. The molecule has 4 N–H and O–H groups in total. The number of amides is 2. The van der Waals surface area contributed by atoms with E-state index >= 15 is 0 Å². The van der Waals surface area contributed by atoms with Crippen LogP contribution in [0.4, 0.5) is 5.69 Å². The van der Waals surface area contributed by atoms with Crippen molar-refractivity contribution in [3.63, 3.8) is 0 Å². The van der Waals surface area contributed by atoms with Gasteiger partial charge in [-0.2, -0.15) is 0 Å². The molecule has 0 aliphatic heterocycles. The van der Waals surface area contributed by atoms with Gasteiger partial charge < -0.3 is 16.4 Å². The van der Waals surface area contributed by atoms with E-state index in [1.54, 1.807) is 24.3 Å². The first-order valence-corrected chi connectivity index (χ1v) is 7.54. The van der Waals surface area contributed by atoms with Crippen molar-refractivity contribution in [2.24, 2.45) is 11.7 Å². The van der Waals surface area contributed by atoms with Crippen LogP contribution in [-0.2, 0) is 4.79 Å². The molecular formula is C16H24ClN3O2. The minimum absolute atomic E-state index is 0. The van der Waals surface area contributed by atoms with Crippen molar-refractivity contribution < 1.29 is 9.59 Å². The lowest BCUT2D eigenvalue weighted by Gasteiger charge is -2.14. The maximum absolute atomic E-state index is 12.0. The SMILES string of the molecule is CCNC(=O)c1ccc(NC(=O)C[C@@H]2CCC[C@H]2N)cc1.Cl. The van der Waals surface area contributed by atoms with Gasteiger partial charge >= 0.3 is 0 Å². The summed E-state index contributed by atoms with van der Waals surface area (Å²) in [6.45, 7) is 2.47. The van der Waals surface area contributed by atoms with Crippen molar-refractivity contribution in [2.75, 3.05) is 11.9 Å². The fraction of sp³-hybridized carbons (Fsp3) is 0.500. The molecule has 5 nitrogen and oxygen atoms in total. The zero-order valence-corrected chi connectivity index (χ0v) is 13.6. The average Bonchev–Trinajstić information content (AvgIpc) is 2.85. The van der Waals surface area contributed by atoms with E-state index in [-0.39, 0.29) is 30.3 Å². The number of nitrogens with two attached hydrogens (primary N) is 1. The van der Waals surface area contributed by atoms with Crippen LogP contribution in [0.3, 0.4) is 0 Å². The third-order valence-corrected chi connectivity index (χ3v) is 3.93. The molecule has 1 saturated carbocycles. The van der Waals surface area contributed by atoms with Gasteiger partial charge in [0.05, 0.1) is 0 Å². The Morgan fingerprint density at radius 1 is 1.23 bits per heavy atom. The van der Waals surface area contributed by atoms with Crippen molar-refractivity contribution in [3.05, 3.63) is 29.8 Å². The second-order valence-electron chi connectivity index (χ2n) is 5.54. The number of carbonyl (C=O) groups is 2. The molecule has 1 aliphatic rings. The predicted octanol–water partition coefficient (Wildman–Crippen LogP) is 2.31. The molecule has 2 amide bonds. The summed E-state index contributed by atoms with van der Waals surface area (Å²) in [5.74, 6) is 0.176. The van der Waals surface area contributed by atoms with Crippen molar-refractivity contribution in [1.82, 2.24) is 5.32 Å². The van der Waals surface area contributed by atoms with Crippen LogP contribution in [0.25, 0.3) is 0 Å². The van der Waals surface area contributed by atoms with Gasteiger partial charge in [-0.25, -0.2) is 0 Å². The van der Waals surface area contributed by atoms with Crippen LogP contribution in [0.5, 0.6) is 0 Å². The van der Waals surface area contributed by atoms with Gasteiger partial charge in [0.25, 0.3) is 5.91 Å². The topological polar surface area (TPSA) is 84.2 Å². The molecule has 0 unspecified atom stereocenters. The van der Waals surface area contributed by atoms with Crippen LogP contribution < -0.4 is 16.4 Å². The Balaban J connectivity index is 0.00000242. The third-order valence-electron chi connectivity index (χ3n) is 3.93. The molecule has 2 rings (SSSR count). The second-order valence-corrected chi connectivity index (χ2v) is 5.54. The molecule has 1 aliphatic carbocycles. The zero-order chi connectivity index (χ0) is 15.2. The molecule has 0 bridgehead atoms. The molecule has 2 atom stereocenters. The van der Waals surface area contributed by atoms with E-state index in [0.29, 0.717) is 30.1 Å². The zero-order valence-electron chi connectivity index (χ0n) is 12.8. The van der Waals surface area contributed by atoms with Crippen molar-refractivity contribution >= 4 is 29.9 Å². The fourth-order valence-corrected chi connectivity index (χ4v) is 2.74. The van der Waals surface area contributed by atoms with Gasteiger partial charge in [0.15, 0.2) is 0 Å². The highest BCUT2D eigenvalue weighted by atomic mass is 35.5. The number of hydrogen-bond donors (Lipinski definition) is 3. The van der Waals surface area contributed by atoms with E-state index in [9.17, 15) is 9.59 Å².